The molecule has 0 radical (unpaired) electrons. The number of hydrogen-bond acceptors (Lipinski definition) is 0. The van der Waals surface area contributed by atoms with Crippen molar-refractivity contribution in [1.29, 1.82) is 0 Å². The van der Waals surface area contributed by atoms with Crippen LogP contribution < -0.4 is 0 Å². The van der Waals surface area contributed by atoms with E-state index in [9.17, 15) is 39.5 Å². The van der Waals surface area contributed by atoms with E-state index >= 15 is 0 Å². The van der Waals surface area contributed by atoms with Gasteiger partial charge in [-0.3, -0.25) is 0 Å². The van der Waals surface area contributed by atoms with Crippen molar-refractivity contribution in [3.05, 3.63) is 0 Å². The van der Waals surface area contributed by atoms with Gasteiger partial charge in [0, 0.05) is 6.92 Å². The SMILES string of the molecule is CC(F)(F)C1(F)C(F)(F)CC(F)(F)CC1(F)F. The van der Waals surface area contributed by atoms with E-state index in [0.29, 0.717) is 0 Å². The minimum atomic E-state index is -5.62. The molecular weight excluding hydrogens is 267 g/mol. The smallest absolute Gasteiger partial charge is 0.224 e. The van der Waals surface area contributed by atoms with Crippen LogP contribution in [0.4, 0.5) is 39.5 Å². The maximum atomic E-state index is 13.4. The summed E-state index contributed by atoms with van der Waals surface area (Å²) in [6, 6.07) is 0. The Kier molecular flexibility index (Phi) is 2.74. The lowest BCUT2D eigenvalue weighted by Gasteiger charge is -2.47. The van der Waals surface area contributed by atoms with Crippen LogP contribution in [0.5, 0.6) is 0 Å². The van der Waals surface area contributed by atoms with Crippen LogP contribution in [0.2, 0.25) is 0 Å². The van der Waals surface area contributed by atoms with Crippen molar-refractivity contribution in [2.75, 3.05) is 0 Å². The fourth-order valence-corrected chi connectivity index (χ4v) is 1.87. The minimum absolute atomic E-state index is 0.488. The normalized spacial score (nSPS) is 30.0. The average molecular weight is 274 g/mol. The molecule has 0 heterocycles. The van der Waals surface area contributed by atoms with Crippen LogP contribution in [0.25, 0.3) is 0 Å². The Labute approximate surface area is 89.8 Å². The van der Waals surface area contributed by atoms with Crippen molar-refractivity contribution < 1.29 is 39.5 Å². The molecule has 17 heavy (non-hydrogen) atoms. The van der Waals surface area contributed by atoms with Crippen LogP contribution in [0.3, 0.4) is 0 Å². The van der Waals surface area contributed by atoms with Gasteiger partial charge < -0.3 is 0 Å². The monoisotopic (exact) mass is 274 g/mol. The summed E-state index contributed by atoms with van der Waals surface area (Å²) in [7, 11) is 0. The summed E-state index contributed by atoms with van der Waals surface area (Å²) in [5.41, 5.74) is -5.62. The molecule has 0 bridgehead atoms. The highest BCUT2D eigenvalue weighted by atomic mass is 19.3. The van der Waals surface area contributed by atoms with Gasteiger partial charge in [-0.1, -0.05) is 0 Å². The Balaban J connectivity index is 3.39. The molecule has 1 fully saturated rings. The third-order valence-corrected chi connectivity index (χ3v) is 2.57. The topological polar surface area (TPSA) is 0 Å². The summed E-state index contributed by atoms with van der Waals surface area (Å²) in [5, 5.41) is 0. The fourth-order valence-electron chi connectivity index (χ4n) is 1.87. The highest BCUT2D eigenvalue weighted by molar-refractivity contribution is 5.16. The van der Waals surface area contributed by atoms with E-state index in [4.69, 9.17) is 0 Å². The molecule has 0 atom stereocenters. The largest absolute Gasteiger partial charge is 0.299 e. The number of hydrogen-bond donors (Lipinski definition) is 0. The fraction of sp³-hybridized carbons (Fsp3) is 1.00. The zero-order chi connectivity index (χ0) is 13.9. The highest BCUT2D eigenvalue weighted by Crippen LogP contribution is 2.62. The molecule has 1 aliphatic carbocycles. The molecule has 0 aliphatic heterocycles. The van der Waals surface area contributed by atoms with Crippen LogP contribution in [-0.4, -0.2) is 29.4 Å². The molecule has 0 amide bonds. The second-order valence-electron chi connectivity index (χ2n) is 4.17. The summed E-state index contributed by atoms with van der Waals surface area (Å²) in [4.78, 5) is 0. The van der Waals surface area contributed by atoms with E-state index in [0.717, 1.165) is 0 Å². The minimum Gasteiger partial charge on any atom is -0.224 e. The zero-order valence-corrected chi connectivity index (χ0v) is 8.32. The van der Waals surface area contributed by atoms with Gasteiger partial charge in [-0.15, -0.1) is 0 Å². The second-order valence-corrected chi connectivity index (χ2v) is 4.17. The highest BCUT2D eigenvalue weighted by Gasteiger charge is 2.84. The molecule has 1 rings (SSSR count). The number of halogens is 9. The van der Waals surface area contributed by atoms with E-state index in [-0.39, 0.29) is 0 Å². The van der Waals surface area contributed by atoms with Crippen LogP contribution >= 0.6 is 0 Å². The third kappa shape index (κ3) is 1.87. The van der Waals surface area contributed by atoms with E-state index in [1.165, 1.54) is 0 Å². The predicted molar refractivity (Wildman–Crippen MR) is 38.5 cm³/mol. The second kappa shape index (κ2) is 3.23. The molecule has 0 aromatic rings. The lowest BCUT2D eigenvalue weighted by Crippen LogP contribution is -2.71. The molecule has 9 heteroatoms. The standard InChI is InChI=1S/C8H7F9/c1-4(9,10)8(17)6(13,14)2-5(11,12)3-7(8,15)16/h2-3H2,1H3. The Morgan fingerprint density at radius 3 is 1.29 bits per heavy atom. The molecule has 0 unspecified atom stereocenters. The molecular formula is C8H7F9. The summed E-state index contributed by atoms with van der Waals surface area (Å²) in [6.45, 7) is -0.488. The van der Waals surface area contributed by atoms with Crippen LogP contribution in [-0.2, 0) is 0 Å². The van der Waals surface area contributed by atoms with Gasteiger partial charge in [-0.25, -0.2) is 39.5 Å². The van der Waals surface area contributed by atoms with Gasteiger partial charge in [0.1, 0.15) is 0 Å². The molecule has 0 saturated heterocycles. The van der Waals surface area contributed by atoms with Crippen LogP contribution in [0.15, 0.2) is 0 Å². The summed E-state index contributed by atoms with van der Waals surface area (Å²) >= 11 is 0. The first-order valence-electron chi connectivity index (χ1n) is 4.37. The van der Waals surface area contributed by atoms with Gasteiger partial charge in [-0.2, -0.15) is 0 Å². The molecule has 1 aliphatic rings. The predicted octanol–water partition coefficient (Wildman–Crippen LogP) is 4.05. The molecule has 0 N–H and O–H groups in total. The third-order valence-electron chi connectivity index (χ3n) is 2.57. The van der Waals surface area contributed by atoms with Gasteiger partial charge in [0.2, 0.25) is 0 Å². The van der Waals surface area contributed by atoms with Crippen LogP contribution in [0, 0.1) is 0 Å². The Morgan fingerprint density at radius 1 is 0.765 bits per heavy atom. The van der Waals surface area contributed by atoms with Crippen LogP contribution in [0.1, 0.15) is 19.8 Å². The molecule has 0 nitrogen and oxygen atoms in total. The van der Waals surface area contributed by atoms with Crippen molar-refractivity contribution >= 4 is 0 Å². The first kappa shape index (κ1) is 14.4. The lowest BCUT2D eigenvalue weighted by molar-refractivity contribution is -0.368. The Bertz CT molecular complexity index is 293. The Hall–Kier alpha value is -0.630. The van der Waals surface area contributed by atoms with Gasteiger partial charge in [0.25, 0.3) is 29.4 Å². The summed E-state index contributed by atoms with van der Waals surface area (Å²) in [5.74, 6) is -20.8. The van der Waals surface area contributed by atoms with Gasteiger partial charge in [0.15, 0.2) is 0 Å². The average Bonchev–Trinajstić information content (AvgIpc) is 1.92. The van der Waals surface area contributed by atoms with Crippen molar-refractivity contribution in [3.8, 4) is 0 Å². The number of rotatable bonds is 1. The quantitative estimate of drug-likeness (QED) is 0.633. The van der Waals surface area contributed by atoms with Gasteiger partial charge >= 0.3 is 0 Å². The van der Waals surface area contributed by atoms with Gasteiger partial charge in [0.05, 0.1) is 12.8 Å². The first-order valence-corrected chi connectivity index (χ1v) is 4.37. The van der Waals surface area contributed by atoms with E-state index < -0.39 is 49.1 Å². The van der Waals surface area contributed by atoms with Crippen molar-refractivity contribution in [1.82, 2.24) is 0 Å². The molecule has 0 spiro atoms. The number of alkyl halides is 9. The Morgan fingerprint density at radius 2 is 1.06 bits per heavy atom. The summed E-state index contributed by atoms with van der Waals surface area (Å²) < 4.78 is 116. The van der Waals surface area contributed by atoms with Gasteiger partial charge in [-0.05, 0) is 0 Å². The molecule has 1 saturated carbocycles. The zero-order valence-electron chi connectivity index (χ0n) is 8.32. The lowest BCUT2D eigenvalue weighted by atomic mass is 9.74. The van der Waals surface area contributed by atoms with Crippen molar-refractivity contribution in [3.63, 3.8) is 0 Å². The van der Waals surface area contributed by atoms with E-state index in [1.807, 2.05) is 0 Å². The maximum Gasteiger partial charge on any atom is 0.299 e. The molecule has 0 aromatic carbocycles. The van der Waals surface area contributed by atoms with E-state index in [1.54, 1.807) is 0 Å². The maximum absolute atomic E-state index is 13.4. The van der Waals surface area contributed by atoms with Crippen molar-refractivity contribution in [2.24, 2.45) is 0 Å². The van der Waals surface area contributed by atoms with Crippen molar-refractivity contribution in [2.45, 2.75) is 49.1 Å². The first-order chi connectivity index (χ1) is 7.16. The molecule has 0 aromatic heterocycles. The van der Waals surface area contributed by atoms with E-state index in [2.05, 4.69) is 0 Å². The summed E-state index contributed by atoms with van der Waals surface area (Å²) in [6.07, 6.45) is -5.34. The molecule has 102 valence electrons.